The van der Waals surface area contributed by atoms with E-state index in [2.05, 4.69) is 28.4 Å². The van der Waals surface area contributed by atoms with E-state index in [9.17, 15) is 4.79 Å². The number of amides is 1. The Labute approximate surface area is 159 Å². The van der Waals surface area contributed by atoms with Gasteiger partial charge in [0.15, 0.2) is 0 Å². The topological polar surface area (TPSA) is 63.9 Å². The van der Waals surface area contributed by atoms with Crippen molar-refractivity contribution in [1.82, 2.24) is 24.4 Å². The molecule has 6 nitrogen and oxygen atoms in total. The molecule has 1 aliphatic heterocycles. The van der Waals surface area contributed by atoms with Crippen molar-refractivity contribution < 1.29 is 4.79 Å². The highest BCUT2D eigenvalue weighted by atomic mass is 16.2. The molecule has 1 unspecified atom stereocenters. The highest BCUT2D eigenvalue weighted by Crippen LogP contribution is 2.26. The minimum absolute atomic E-state index is 0.152. The Hall–Kier alpha value is -2.76. The molecule has 6 heteroatoms. The van der Waals surface area contributed by atoms with E-state index in [1.807, 2.05) is 35.2 Å². The number of benzene rings is 1. The van der Waals surface area contributed by atoms with Gasteiger partial charge in [0.25, 0.3) is 0 Å². The average molecular weight is 363 g/mol. The fourth-order valence-electron chi connectivity index (χ4n) is 3.92. The van der Waals surface area contributed by atoms with E-state index in [1.54, 1.807) is 12.5 Å². The predicted molar refractivity (Wildman–Crippen MR) is 104 cm³/mol. The fourth-order valence-corrected chi connectivity index (χ4v) is 3.92. The van der Waals surface area contributed by atoms with Crippen LogP contribution in [0.25, 0.3) is 11.0 Å². The molecule has 0 aliphatic carbocycles. The highest BCUT2D eigenvalue weighted by Gasteiger charge is 2.26. The second-order valence-electron chi connectivity index (χ2n) is 7.51. The zero-order chi connectivity index (χ0) is 18.8. The Morgan fingerprint density at radius 2 is 2.11 bits per heavy atom. The second kappa shape index (κ2) is 7.47. The van der Waals surface area contributed by atoms with Crippen molar-refractivity contribution in [3.63, 3.8) is 0 Å². The summed E-state index contributed by atoms with van der Waals surface area (Å²) in [5.74, 6) is 1.67. The minimum Gasteiger partial charge on any atom is -0.340 e. The first kappa shape index (κ1) is 17.6. The third kappa shape index (κ3) is 3.56. The number of rotatable bonds is 4. The molecule has 0 saturated carbocycles. The van der Waals surface area contributed by atoms with Crippen LogP contribution in [0.15, 0.2) is 42.9 Å². The summed E-state index contributed by atoms with van der Waals surface area (Å²) < 4.78 is 2.08. The normalized spacial score (nSPS) is 17.6. The van der Waals surface area contributed by atoms with E-state index in [0.717, 1.165) is 48.5 Å². The summed E-state index contributed by atoms with van der Waals surface area (Å²) in [5, 5.41) is 0. The number of carbonyl (C=O) groups excluding carboxylic acids is 1. The van der Waals surface area contributed by atoms with E-state index in [4.69, 9.17) is 4.98 Å². The molecule has 1 atom stereocenters. The van der Waals surface area contributed by atoms with Crippen molar-refractivity contribution >= 4 is 16.9 Å². The van der Waals surface area contributed by atoms with Gasteiger partial charge >= 0.3 is 0 Å². The van der Waals surface area contributed by atoms with E-state index in [1.165, 1.54) is 0 Å². The van der Waals surface area contributed by atoms with Crippen LogP contribution >= 0.6 is 0 Å². The molecular formula is C21H25N5O. The van der Waals surface area contributed by atoms with Crippen molar-refractivity contribution in [2.75, 3.05) is 13.1 Å². The van der Waals surface area contributed by atoms with Gasteiger partial charge in [0.2, 0.25) is 5.91 Å². The smallest absolute Gasteiger partial charge is 0.242 e. The Morgan fingerprint density at radius 3 is 2.89 bits per heavy atom. The van der Waals surface area contributed by atoms with E-state index in [0.29, 0.717) is 6.54 Å². The van der Waals surface area contributed by atoms with Crippen LogP contribution in [0.2, 0.25) is 0 Å². The lowest BCUT2D eigenvalue weighted by atomic mass is 9.94. The first-order valence-electron chi connectivity index (χ1n) is 9.62. The quantitative estimate of drug-likeness (QED) is 0.713. The van der Waals surface area contributed by atoms with Crippen LogP contribution in [0.3, 0.4) is 0 Å². The van der Waals surface area contributed by atoms with Crippen LogP contribution in [0, 0.1) is 0 Å². The van der Waals surface area contributed by atoms with Crippen molar-refractivity contribution in [3.05, 3.63) is 54.4 Å². The fraction of sp³-hybridized carbons (Fsp3) is 0.429. The number of piperidine rings is 1. The molecule has 1 aromatic carbocycles. The van der Waals surface area contributed by atoms with E-state index >= 15 is 0 Å². The summed E-state index contributed by atoms with van der Waals surface area (Å²) in [7, 11) is 0. The van der Waals surface area contributed by atoms with Crippen molar-refractivity contribution in [1.29, 1.82) is 0 Å². The van der Waals surface area contributed by atoms with Gasteiger partial charge in [-0.2, -0.15) is 0 Å². The van der Waals surface area contributed by atoms with Gasteiger partial charge in [-0.3, -0.25) is 4.79 Å². The van der Waals surface area contributed by atoms with Gasteiger partial charge in [-0.05, 0) is 31.0 Å². The molecule has 0 spiro atoms. The summed E-state index contributed by atoms with van der Waals surface area (Å²) >= 11 is 0. The average Bonchev–Trinajstić information content (AvgIpc) is 3.08. The largest absolute Gasteiger partial charge is 0.340 e. The van der Waals surface area contributed by atoms with Crippen molar-refractivity contribution in [3.8, 4) is 0 Å². The van der Waals surface area contributed by atoms with Crippen LogP contribution in [0.4, 0.5) is 0 Å². The number of fused-ring (bicyclic) bond motifs is 1. The van der Waals surface area contributed by atoms with Crippen LogP contribution in [0.1, 0.15) is 50.0 Å². The van der Waals surface area contributed by atoms with Gasteiger partial charge in [0, 0.05) is 36.8 Å². The lowest BCUT2D eigenvalue weighted by Gasteiger charge is -2.32. The SMILES string of the molecule is CC(C)c1nc2ccccc2n1CC(=O)N1CCCC(c2ccncn2)C1. The van der Waals surface area contributed by atoms with Gasteiger partial charge in [-0.15, -0.1) is 0 Å². The monoisotopic (exact) mass is 363 g/mol. The molecule has 3 aromatic rings. The summed E-state index contributed by atoms with van der Waals surface area (Å²) in [6, 6.07) is 10.00. The molecule has 1 amide bonds. The summed E-state index contributed by atoms with van der Waals surface area (Å²) in [6.45, 7) is 6.11. The molecule has 2 aromatic heterocycles. The number of likely N-dealkylation sites (tertiary alicyclic amines) is 1. The Kier molecular flexibility index (Phi) is 4.88. The summed E-state index contributed by atoms with van der Waals surface area (Å²) in [4.78, 5) is 28.2. The number of carbonyl (C=O) groups is 1. The molecule has 27 heavy (non-hydrogen) atoms. The van der Waals surface area contributed by atoms with Gasteiger partial charge in [0.1, 0.15) is 18.7 Å². The first-order valence-corrected chi connectivity index (χ1v) is 9.62. The molecular weight excluding hydrogens is 338 g/mol. The molecule has 4 rings (SSSR count). The number of nitrogens with zero attached hydrogens (tertiary/aromatic N) is 5. The van der Waals surface area contributed by atoms with Crippen LogP contribution in [-0.4, -0.2) is 43.4 Å². The minimum atomic E-state index is 0.152. The Bertz CT molecular complexity index is 934. The van der Waals surface area contributed by atoms with E-state index < -0.39 is 0 Å². The van der Waals surface area contributed by atoms with Crippen LogP contribution < -0.4 is 0 Å². The molecule has 0 bridgehead atoms. The maximum absolute atomic E-state index is 13.1. The molecule has 0 radical (unpaired) electrons. The predicted octanol–water partition coefficient (Wildman–Crippen LogP) is 3.36. The van der Waals surface area contributed by atoms with Crippen LogP contribution in [0.5, 0.6) is 0 Å². The van der Waals surface area contributed by atoms with Gasteiger partial charge in [-0.1, -0.05) is 26.0 Å². The molecule has 140 valence electrons. The van der Waals surface area contributed by atoms with Crippen molar-refractivity contribution in [2.45, 2.75) is 45.1 Å². The van der Waals surface area contributed by atoms with Gasteiger partial charge < -0.3 is 9.47 Å². The molecule has 1 fully saturated rings. The third-order valence-electron chi connectivity index (χ3n) is 5.29. The second-order valence-corrected chi connectivity index (χ2v) is 7.51. The first-order chi connectivity index (χ1) is 13.1. The molecule has 0 N–H and O–H groups in total. The molecule has 1 saturated heterocycles. The number of hydrogen-bond acceptors (Lipinski definition) is 4. The Balaban J connectivity index is 1.55. The number of hydrogen-bond donors (Lipinski definition) is 0. The molecule has 3 heterocycles. The maximum Gasteiger partial charge on any atom is 0.242 e. The molecule has 1 aliphatic rings. The summed E-state index contributed by atoms with van der Waals surface area (Å²) in [6.07, 6.45) is 5.42. The number of aromatic nitrogens is 4. The third-order valence-corrected chi connectivity index (χ3v) is 5.29. The standard InChI is InChI=1S/C21H25N5O/c1-15(2)21-24-18-7-3-4-8-19(18)26(21)13-20(27)25-11-5-6-16(12-25)17-9-10-22-14-23-17/h3-4,7-10,14-16H,5-6,11-13H2,1-2H3. The van der Waals surface area contributed by atoms with E-state index in [-0.39, 0.29) is 17.7 Å². The maximum atomic E-state index is 13.1. The highest BCUT2D eigenvalue weighted by molar-refractivity contribution is 5.81. The van der Waals surface area contributed by atoms with Gasteiger partial charge in [0.05, 0.1) is 11.0 Å². The van der Waals surface area contributed by atoms with Crippen molar-refractivity contribution in [2.24, 2.45) is 0 Å². The zero-order valence-corrected chi connectivity index (χ0v) is 15.9. The summed E-state index contributed by atoms with van der Waals surface area (Å²) in [5.41, 5.74) is 3.00. The number of para-hydroxylation sites is 2. The van der Waals surface area contributed by atoms with Crippen LogP contribution in [-0.2, 0) is 11.3 Å². The number of imidazole rings is 1. The lowest BCUT2D eigenvalue weighted by molar-refractivity contribution is -0.133. The lowest BCUT2D eigenvalue weighted by Crippen LogP contribution is -2.41. The zero-order valence-electron chi connectivity index (χ0n) is 15.9. The van der Waals surface area contributed by atoms with Gasteiger partial charge in [-0.25, -0.2) is 15.0 Å². The Morgan fingerprint density at radius 1 is 1.26 bits per heavy atom.